The molecule has 0 fully saturated rings. The van der Waals surface area contributed by atoms with E-state index in [-0.39, 0.29) is 5.41 Å². The third-order valence-electron chi connectivity index (χ3n) is 3.52. The number of fused-ring (bicyclic) bond motifs is 1. The molecule has 0 unspecified atom stereocenters. The SMILES string of the molecule is CN(C)CC(C)(C)CNCc1cccc2c1OCCCO2. The third-order valence-corrected chi connectivity index (χ3v) is 3.52. The van der Waals surface area contributed by atoms with Crippen molar-refractivity contribution in [2.24, 2.45) is 5.41 Å². The molecule has 0 amide bonds. The van der Waals surface area contributed by atoms with Gasteiger partial charge in [-0.3, -0.25) is 0 Å². The zero-order valence-electron chi connectivity index (χ0n) is 13.7. The van der Waals surface area contributed by atoms with Gasteiger partial charge in [0, 0.05) is 31.6 Å². The summed E-state index contributed by atoms with van der Waals surface area (Å²) in [5.74, 6) is 1.78. The van der Waals surface area contributed by atoms with Crippen LogP contribution in [0.1, 0.15) is 25.8 Å². The molecule has 0 bridgehead atoms. The fourth-order valence-electron chi connectivity index (χ4n) is 2.84. The Balaban J connectivity index is 1.95. The Kier molecular flexibility index (Phi) is 5.48. The molecule has 1 heterocycles. The van der Waals surface area contributed by atoms with Crippen molar-refractivity contribution in [2.45, 2.75) is 26.8 Å². The topological polar surface area (TPSA) is 33.7 Å². The van der Waals surface area contributed by atoms with Crippen molar-refractivity contribution in [2.75, 3.05) is 40.4 Å². The summed E-state index contributed by atoms with van der Waals surface area (Å²) in [4.78, 5) is 2.23. The second-order valence-electron chi connectivity index (χ2n) is 6.80. The Morgan fingerprint density at radius 1 is 1.19 bits per heavy atom. The van der Waals surface area contributed by atoms with E-state index in [4.69, 9.17) is 9.47 Å². The van der Waals surface area contributed by atoms with Crippen LogP contribution in [0.15, 0.2) is 18.2 Å². The lowest BCUT2D eigenvalue weighted by atomic mass is 9.93. The normalized spacial score (nSPS) is 15.1. The molecule has 0 saturated heterocycles. The van der Waals surface area contributed by atoms with Gasteiger partial charge in [-0.25, -0.2) is 0 Å². The average Bonchev–Trinajstić information content (AvgIpc) is 2.62. The molecule has 1 aromatic rings. The minimum absolute atomic E-state index is 0.243. The molecular weight excluding hydrogens is 264 g/mol. The van der Waals surface area contributed by atoms with Gasteiger partial charge in [-0.1, -0.05) is 26.0 Å². The number of para-hydroxylation sites is 1. The van der Waals surface area contributed by atoms with E-state index in [0.717, 1.165) is 50.8 Å². The van der Waals surface area contributed by atoms with E-state index in [1.165, 1.54) is 5.56 Å². The molecule has 0 saturated carbocycles. The number of nitrogens with zero attached hydrogens (tertiary/aromatic N) is 1. The Hall–Kier alpha value is -1.26. The highest BCUT2D eigenvalue weighted by Crippen LogP contribution is 2.33. The molecule has 4 nitrogen and oxygen atoms in total. The molecule has 118 valence electrons. The lowest BCUT2D eigenvalue weighted by molar-refractivity contribution is 0.231. The van der Waals surface area contributed by atoms with Crippen molar-refractivity contribution in [3.63, 3.8) is 0 Å². The van der Waals surface area contributed by atoms with Crippen molar-refractivity contribution in [1.29, 1.82) is 0 Å². The van der Waals surface area contributed by atoms with E-state index >= 15 is 0 Å². The summed E-state index contributed by atoms with van der Waals surface area (Å²) < 4.78 is 11.6. The fourth-order valence-corrected chi connectivity index (χ4v) is 2.84. The van der Waals surface area contributed by atoms with Crippen LogP contribution in [0, 0.1) is 5.41 Å². The Bertz CT molecular complexity index is 458. The van der Waals surface area contributed by atoms with E-state index in [2.05, 4.69) is 44.2 Å². The van der Waals surface area contributed by atoms with Crippen molar-refractivity contribution < 1.29 is 9.47 Å². The lowest BCUT2D eigenvalue weighted by Crippen LogP contribution is -2.37. The largest absolute Gasteiger partial charge is 0.490 e. The molecule has 0 aromatic heterocycles. The molecule has 1 aromatic carbocycles. The summed E-state index contributed by atoms with van der Waals surface area (Å²) in [5.41, 5.74) is 1.42. The van der Waals surface area contributed by atoms with Gasteiger partial charge >= 0.3 is 0 Å². The first-order chi connectivity index (χ1) is 9.98. The molecule has 0 radical (unpaired) electrons. The van der Waals surface area contributed by atoms with Crippen molar-refractivity contribution in [3.05, 3.63) is 23.8 Å². The minimum Gasteiger partial charge on any atom is -0.490 e. The number of hydrogen-bond donors (Lipinski definition) is 1. The molecule has 0 atom stereocenters. The molecule has 4 heteroatoms. The van der Waals surface area contributed by atoms with Gasteiger partial charge in [-0.05, 0) is 25.6 Å². The Labute approximate surface area is 128 Å². The van der Waals surface area contributed by atoms with E-state index in [0.29, 0.717) is 0 Å². The molecular formula is C17H28N2O2. The zero-order valence-corrected chi connectivity index (χ0v) is 13.7. The summed E-state index contributed by atoms with van der Waals surface area (Å²) in [6.07, 6.45) is 0.942. The monoisotopic (exact) mass is 292 g/mol. The smallest absolute Gasteiger partial charge is 0.165 e. The Morgan fingerprint density at radius 2 is 1.95 bits per heavy atom. The molecule has 2 rings (SSSR count). The van der Waals surface area contributed by atoms with Gasteiger partial charge in [-0.15, -0.1) is 0 Å². The van der Waals surface area contributed by atoms with E-state index in [1.54, 1.807) is 0 Å². The highest BCUT2D eigenvalue weighted by molar-refractivity contribution is 5.47. The standard InChI is InChI=1S/C17H28N2O2/c1-17(2,13-19(3)4)12-18-11-14-7-5-8-15-16(14)21-10-6-9-20-15/h5,7-8,18H,6,9-13H2,1-4H3. The summed E-state index contributed by atoms with van der Waals surface area (Å²) in [5, 5.41) is 3.56. The van der Waals surface area contributed by atoms with Crippen LogP contribution in [0.3, 0.4) is 0 Å². The maximum atomic E-state index is 5.85. The fraction of sp³-hybridized carbons (Fsp3) is 0.647. The number of nitrogens with one attached hydrogen (secondary N) is 1. The van der Waals surface area contributed by atoms with Crippen LogP contribution in [0.2, 0.25) is 0 Å². The van der Waals surface area contributed by atoms with Gasteiger partial charge in [-0.2, -0.15) is 0 Å². The number of ether oxygens (including phenoxy) is 2. The maximum Gasteiger partial charge on any atom is 0.165 e. The number of benzene rings is 1. The maximum absolute atomic E-state index is 5.85. The first kappa shape index (κ1) is 16.1. The highest BCUT2D eigenvalue weighted by atomic mass is 16.5. The van der Waals surface area contributed by atoms with Gasteiger partial charge in [0.25, 0.3) is 0 Å². The van der Waals surface area contributed by atoms with E-state index in [1.807, 2.05) is 12.1 Å². The summed E-state index contributed by atoms with van der Waals surface area (Å²) >= 11 is 0. The van der Waals surface area contributed by atoms with Crippen molar-refractivity contribution in [3.8, 4) is 11.5 Å². The second-order valence-corrected chi connectivity index (χ2v) is 6.80. The van der Waals surface area contributed by atoms with Gasteiger partial charge < -0.3 is 19.7 Å². The molecule has 1 aliphatic heterocycles. The van der Waals surface area contributed by atoms with Crippen LogP contribution in [0.4, 0.5) is 0 Å². The van der Waals surface area contributed by atoms with Crippen molar-refractivity contribution >= 4 is 0 Å². The van der Waals surface area contributed by atoms with Gasteiger partial charge in [0.05, 0.1) is 13.2 Å². The molecule has 0 aliphatic carbocycles. The van der Waals surface area contributed by atoms with E-state index < -0.39 is 0 Å². The van der Waals surface area contributed by atoms with Crippen LogP contribution < -0.4 is 14.8 Å². The van der Waals surface area contributed by atoms with Crippen LogP contribution in [-0.4, -0.2) is 45.3 Å². The first-order valence-electron chi connectivity index (χ1n) is 7.71. The van der Waals surface area contributed by atoms with Crippen LogP contribution >= 0.6 is 0 Å². The quantitative estimate of drug-likeness (QED) is 0.873. The van der Waals surface area contributed by atoms with Gasteiger partial charge in [0.2, 0.25) is 0 Å². The average molecular weight is 292 g/mol. The van der Waals surface area contributed by atoms with Crippen LogP contribution in [0.5, 0.6) is 11.5 Å². The molecule has 0 spiro atoms. The predicted molar refractivity (Wildman–Crippen MR) is 86.1 cm³/mol. The van der Waals surface area contributed by atoms with Gasteiger partial charge in [0.15, 0.2) is 11.5 Å². The lowest BCUT2D eigenvalue weighted by Gasteiger charge is -2.28. The third kappa shape index (κ3) is 4.90. The summed E-state index contributed by atoms with van der Waals surface area (Å²) in [6.45, 7) is 8.87. The van der Waals surface area contributed by atoms with Crippen LogP contribution in [-0.2, 0) is 6.54 Å². The second kappa shape index (κ2) is 7.14. The van der Waals surface area contributed by atoms with Gasteiger partial charge in [0.1, 0.15) is 0 Å². The summed E-state index contributed by atoms with van der Waals surface area (Å²) in [6, 6.07) is 6.13. The predicted octanol–water partition coefficient (Wildman–Crippen LogP) is 2.53. The first-order valence-corrected chi connectivity index (χ1v) is 7.71. The zero-order chi connectivity index (χ0) is 15.3. The molecule has 1 N–H and O–H groups in total. The van der Waals surface area contributed by atoms with Crippen molar-refractivity contribution in [1.82, 2.24) is 10.2 Å². The molecule has 1 aliphatic rings. The highest BCUT2D eigenvalue weighted by Gasteiger charge is 2.19. The molecule has 21 heavy (non-hydrogen) atoms. The number of hydrogen-bond acceptors (Lipinski definition) is 4. The Morgan fingerprint density at radius 3 is 2.71 bits per heavy atom. The van der Waals surface area contributed by atoms with Crippen LogP contribution in [0.25, 0.3) is 0 Å². The summed E-state index contributed by atoms with van der Waals surface area (Å²) in [7, 11) is 4.23. The number of rotatable bonds is 6. The van der Waals surface area contributed by atoms with E-state index in [9.17, 15) is 0 Å². The minimum atomic E-state index is 0.243.